The van der Waals surface area contributed by atoms with Crippen molar-refractivity contribution in [1.82, 2.24) is 4.90 Å². The summed E-state index contributed by atoms with van der Waals surface area (Å²) in [4.78, 5) is 23.4. The predicted octanol–water partition coefficient (Wildman–Crippen LogP) is 0.626. The van der Waals surface area contributed by atoms with Gasteiger partial charge < -0.3 is 0 Å². The van der Waals surface area contributed by atoms with Gasteiger partial charge in [-0.05, 0) is 0 Å². The van der Waals surface area contributed by atoms with Crippen LogP contribution in [0.5, 0.6) is 0 Å². The molecule has 0 unspecified atom stereocenters. The van der Waals surface area contributed by atoms with Gasteiger partial charge in [-0.1, -0.05) is 0 Å². The molecule has 0 spiro atoms. The van der Waals surface area contributed by atoms with Crippen LogP contribution < -0.4 is 0 Å². The first kappa shape index (κ1) is 14.3. The minimum absolute atomic E-state index is 0.290. The standard InChI is InChI=1S/C9H17NO4Se/c1-9(2,3)14-8(13)10(4)6(5-15)7(11)12/h6,15H,5H2,1-4H3,(H,11,12)/t6-/m0/s1. The van der Waals surface area contributed by atoms with E-state index in [9.17, 15) is 9.59 Å². The molecule has 15 heavy (non-hydrogen) atoms. The Bertz CT molecular complexity index is 249. The molecule has 0 saturated heterocycles. The van der Waals surface area contributed by atoms with Crippen molar-refractivity contribution in [2.75, 3.05) is 7.05 Å². The summed E-state index contributed by atoms with van der Waals surface area (Å²) in [5.74, 6) is -1.04. The van der Waals surface area contributed by atoms with E-state index >= 15 is 0 Å². The molecule has 1 amide bonds. The van der Waals surface area contributed by atoms with Crippen molar-refractivity contribution in [3.8, 4) is 0 Å². The number of hydrogen-bond donors (Lipinski definition) is 1. The minimum atomic E-state index is -1.04. The fourth-order valence-electron chi connectivity index (χ4n) is 0.827. The van der Waals surface area contributed by atoms with Crippen molar-refractivity contribution in [2.24, 2.45) is 0 Å². The zero-order chi connectivity index (χ0) is 12.2. The summed E-state index contributed by atoms with van der Waals surface area (Å²) in [5.41, 5.74) is -0.614. The van der Waals surface area contributed by atoms with Gasteiger partial charge in [0.15, 0.2) is 0 Å². The third-order valence-electron chi connectivity index (χ3n) is 1.61. The van der Waals surface area contributed by atoms with Crippen molar-refractivity contribution in [2.45, 2.75) is 37.7 Å². The molecule has 5 nitrogen and oxygen atoms in total. The molecule has 0 aliphatic heterocycles. The molecule has 0 aliphatic carbocycles. The van der Waals surface area contributed by atoms with E-state index < -0.39 is 23.7 Å². The molecule has 1 N–H and O–H groups in total. The van der Waals surface area contributed by atoms with Crippen LogP contribution in [0.1, 0.15) is 20.8 Å². The van der Waals surface area contributed by atoms with E-state index in [0.29, 0.717) is 0 Å². The Kier molecular flexibility index (Phi) is 5.11. The Labute approximate surface area is 97.6 Å². The number of carbonyl (C=O) groups excluding carboxylic acids is 1. The molecular formula is C9H17NO4Se. The molecule has 0 aromatic carbocycles. The Balaban J connectivity index is 4.49. The van der Waals surface area contributed by atoms with Crippen LogP contribution >= 0.6 is 0 Å². The number of carboxylic acid groups (broad SMARTS) is 1. The quantitative estimate of drug-likeness (QED) is 0.771. The number of carbonyl (C=O) groups is 2. The number of nitrogens with zero attached hydrogens (tertiary/aromatic N) is 1. The number of rotatable bonds is 3. The number of hydrogen-bond acceptors (Lipinski definition) is 3. The fourth-order valence-corrected chi connectivity index (χ4v) is 1.67. The molecule has 0 rings (SSSR count). The monoisotopic (exact) mass is 283 g/mol. The van der Waals surface area contributed by atoms with Gasteiger partial charge in [0.25, 0.3) is 0 Å². The van der Waals surface area contributed by atoms with Crippen LogP contribution in [-0.4, -0.2) is 56.8 Å². The van der Waals surface area contributed by atoms with Gasteiger partial charge in [0.05, 0.1) is 0 Å². The zero-order valence-corrected chi connectivity index (χ0v) is 11.2. The number of likely N-dealkylation sites (N-methyl/N-ethyl adjacent to an activating group) is 1. The SMILES string of the molecule is CN(C(=O)OC(C)(C)C)[C@@H](C[SeH])C(=O)O. The van der Waals surface area contributed by atoms with Gasteiger partial charge in [-0.25, -0.2) is 0 Å². The van der Waals surface area contributed by atoms with E-state index in [1.165, 1.54) is 7.05 Å². The van der Waals surface area contributed by atoms with Gasteiger partial charge in [-0.2, -0.15) is 0 Å². The average Bonchev–Trinajstić information content (AvgIpc) is 2.01. The van der Waals surface area contributed by atoms with E-state index in [-0.39, 0.29) is 5.32 Å². The fraction of sp³-hybridized carbons (Fsp3) is 0.778. The van der Waals surface area contributed by atoms with Crippen LogP contribution in [0.4, 0.5) is 4.79 Å². The topological polar surface area (TPSA) is 66.8 Å². The van der Waals surface area contributed by atoms with Gasteiger partial charge in [0.1, 0.15) is 0 Å². The summed E-state index contributed by atoms with van der Waals surface area (Å²) in [6.45, 7) is 5.20. The van der Waals surface area contributed by atoms with E-state index in [4.69, 9.17) is 9.84 Å². The number of aliphatic carboxylic acids is 1. The van der Waals surface area contributed by atoms with Crippen molar-refractivity contribution in [3.05, 3.63) is 0 Å². The molecule has 0 radical (unpaired) electrons. The average molecular weight is 282 g/mol. The number of carboxylic acids is 1. The maximum atomic E-state index is 11.5. The Morgan fingerprint density at radius 1 is 1.47 bits per heavy atom. The first-order valence-corrected chi connectivity index (χ1v) is 5.81. The van der Waals surface area contributed by atoms with Gasteiger partial charge >= 0.3 is 97.2 Å². The molecule has 0 bridgehead atoms. The van der Waals surface area contributed by atoms with Crippen LogP contribution in [-0.2, 0) is 9.53 Å². The zero-order valence-electron chi connectivity index (χ0n) is 9.35. The van der Waals surface area contributed by atoms with Gasteiger partial charge in [-0.15, -0.1) is 0 Å². The third kappa shape index (κ3) is 5.04. The Morgan fingerprint density at radius 2 is 1.93 bits per heavy atom. The molecule has 0 aromatic rings. The second-order valence-electron chi connectivity index (χ2n) is 4.13. The second kappa shape index (κ2) is 5.37. The molecule has 6 heteroatoms. The van der Waals surface area contributed by atoms with E-state index in [2.05, 4.69) is 16.0 Å². The van der Waals surface area contributed by atoms with Crippen LogP contribution in [0.25, 0.3) is 0 Å². The van der Waals surface area contributed by atoms with E-state index in [0.717, 1.165) is 4.90 Å². The van der Waals surface area contributed by atoms with Crippen LogP contribution in [0.2, 0.25) is 5.32 Å². The number of amides is 1. The first-order valence-electron chi connectivity index (χ1n) is 4.48. The Hall–Kier alpha value is -0.741. The molecule has 0 fully saturated rings. The van der Waals surface area contributed by atoms with Gasteiger partial charge in [0, 0.05) is 0 Å². The van der Waals surface area contributed by atoms with Crippen molar-refractivity contribution in [1.29, 1.82) is 0 Å². The molecule has 88 valence electrons. The summed E-state index contributed by atoms with van der Waals surface area (Å²) in [6.07, 6.45) is -0.624. The van der Waals surface area contributed by atoms with Crippen LogP contribution in [0.15, 0.2) is 0 Å². The first-order chi connectivity index (χ1) is 6.69. The van der Waals surface area contributed by atoms with E-state index in [1.807, 2.05) is 0 Å². The van der Waals surface area contributed by atoms with Gasteiger partial charge in [0.2, 0.25) is 0 Å². The number of ether oxygens (including phenoxy) is 1. The summed E-state index contributed by atoms with van der Waals surface area (Å²) < 4.78 is 5.05. The van der Waals surface area contributed by atoms with Gasteiger partial charge in [-0.3, -0.25) is 0 Å². The molecule has 0 aliphatic rings. The molecule has 0 saturated carbocycles. The molecular weight excluding hydrogens is 265 g/mol. The molecule has 1 atom stereocenters. The van der Waals surface area contributed by atoms with Crippen molar-refractivity contribution < 1.29 is 19.4 Å². The van der Waals surface area contributed by atoms with E-state index in [1.54, 1.807) is 20.8 Å². The maximum absolute atomic E-state index is 11.5. The molecule has 0 aromatic heterocycles. The van der Waals surface area contributed by atoms with Crippen molar-refractivity contribution >= 4 is 28.1 Å². The third-order valence-corrected chi connectivity index (χ3v) is 2.33. The second-order valence-corrected chi connectivity index (χ2v) is 4.89. The normalized spacial score (nSPS) is 13.1. The Morgan fingerprint density at radius 3 is 2.20 bits per heavy atom. The van der Waals surface area contributed by atoms with Crippen molar-refractivity contribution in [3.63, 3.8) is 0 Å². The summed E-state index contributed by atoms with van der Waals surface area (Å²) >= 11 is 2.15. The summed E-state index contributed by atoms with van der Waals surface area (Å²) in [7, 11) is 1.42. The summed E-state index contributed by atoms with van der Waals surface area (Å²) in [5, 5.41) is 9.12. The predicted molar refractivity (Wildman–Crippen MR) is 57.4 cm³/mol. The summed E-state index contributed by atoms with van der Waals surface area (Å²) in [6, 6.07) is -0.861. The molecule has 0 heterocycles. The van der Waals surface area contributed by atoms with Crippen LogP contribution in [0.3, 0.4) is 0 Å². The van der Waals surface area contributed by atoms with Crippen LogP contribution in [0, 0.1) is 0 Å².